The van der Waals surface area contributed by atoms with Gasteiger partial charge in [0.25, 0.3) is 5.91 Å². The van der Waals surface area contributed by atoms with Crippen molar-refractivity contribution in [3.63, 3.8) is 0 Å². The Morgan fingerprint density at radius 2 is 1.95 bits per heavy atom. The molecule has 0 aliphatic carbocycles. The molecule has 1 heterocycles. The number of benzene rings is 2. The second-order valence-corrected chi connectivity index (χ2v) is 6.41. The Labute approximate surface area is 132 Å². The highest BCUT2D eigenvalue weighted by atomic mass is 79.9. The van der Waals surface area contributed by atoms with Crippen LogP contribution in [0.1, 0.15) is 30.1 Å². The molecule has 0 saturated carbocycles. The molecule has 4 heteroatoms. The predicted molar refractivity (Wildman–Crippen MR) is 86.1 cm³/mol. The average molecular weight is 346 g/mol. The quantitative estimate of drug-likeness (QED) is 0.771. The van der Waals surface area contributed by atoms with Crippen molar-refractivity contribution in [2.24, 2.45) is 5.92 Å². The highest BCUT2D eigenvalue weighted by molar-refractivity contribution is 9.10. The minimum Gasteiger partial charge on any atom is -0.278 e. The first-order chi connectivity index (χ1) is 10.1. The van der Waals surface area contributed by atoms with Crippen LogP contribution in [0.3, 0.4) is 0 Å². The third-order valence-corrected chi connectivity index (χ3v) is 4.57. The molecule has 1 fully saturated rings. The number of fused-ring (bicyclic) bond motifs is 1. The zero-order valence-corrected chi connectivity index (χ0v) is 13.4. The average Bonchev–Trinajstić information content (AvgIpc) is 2.87. The topological polar surface area (TPSA) is 37.4 Å². The van der Waals surface area contributed by atoms with Crippen LogP contribution in [0.25, 0.3) is 10.8 Å². The molecule has 108 valence electrons. The van der Waals surface area contributed by atoms with Gasteiger partial charge in [-0.1, -0.05) is 41.4 Å². The van der Waals surface area contributed by atoms with Crippen LogP contribution in [-0.2, 0) is 4.79 Å². The smallest absolute Gasteiger partial charge is 0.260 e. The molecule has 0 radical (unpaired) electrons. The summed E-state index contributed by atoms with van der Waals surface area (Å²) in [5, 5.41) is 2.07. The monoisotopic (exact) mass is 345 g/mol. The lowest BCUT2D eigenvalue weighted by Gasteiger charge is -2.15. The largest absolute Gasteiger partial charge is 0.278 e. The van der Waals surface area contributed by atoms with Crippen molar-refractivity contribution in [1.29, 1.82) is 0 Å². The summed E-state index contributed by atoms with van der Waals surface area (Å²) in [6.07, 6.45) is 1.42. The first kappa shape index (κ1) is 14.3. The van der Waals surface area contributed by atoms with E-state index >= 15 is 0 Å². The zero-order chi connectivity index (χ0) is 15.0. The molecule has 0 spiro atoms. The van der Waals surface area contributed by atoms with Crippen molar-refractivity contribution in [2.75, 3.05) is 6.54 Å². The van der Waals surface area contributed by atoms with E-state index in [0.717, 1.165) is 21.7 Å². The molecular formula is C17H16BrNO2. The van der Waals surface area contributed by atoms with Gasteiger partial charge in [-0.25, -0.2) is 0 Å². The van der Waals surface area contributed by atoms with E-state index in [2.05, 4.69) is 22.9 Å². The SMILES string of the molecule is CCC1CC(=O)N(C(=O)c2ccc3cc(Br)ccc3c2)C1. The van der Waals surface area contributed by atoms with Gasteiger partial charge in [-0.15, -0.1) is 0 Å². The lowest BCUT2D eigenvalue weighted by Crippen LogP contribution is -2.32. The van der Waals surface area contributed by atoms with Crippen molar-refractivity contribution in [3.8, 4) is 0 Å². The molecule has 1 aliphatic heterocycles. The van der Waals surface area contributed by atoms with E-state index in [1.807, 2.05) is 30.3 Å². The van der Waals surface area contributed by atoms with Crippen molar-refractivity contribution in [2.45, 2.75) is 19.8 Å². The number of likely N-dealkylation sites (tertiary alicyclic amines) is 1. The van der Waals surface area contributed by atoms with E-state index in [9.17, 15) is 9.59 Å². The summed E-state index contributed by atoms with van der Waals surface area (Å²) in [5.74, 6) is 0.0707. The van der Waals surface area contributed by atoms with Gasteiger partial charge in [0.2, 0.25) is 5.91 Å². The minimum absolute atomic E-state index is 0.0530. The van der Waals surface area contributed by atoms with Gasteiger partial charge in [-0.05, 0) is 41.0 Å². The molecule has 21 heavy (non-hydrogen) atoms. The van der Waals surface area contributed by atoms with Gasteiger partial charge >= 0.3 is 0 Å². The fraction of sp³-hybridized carbons (Fsp3) is 0.294. The molecule has 0 aromatic heterocycles. The van der Waals surface area contributed by atoms with Gasteiger partial charge in [0.15, 0.2) is 0 Å². The van der Waals surface area contributed by atoms with E-state index in [1.165, 1.54) is 4.90 Å². The normalized spacial score (nSPS) is 18.5. The number of nitrogens with zero attached hydrogens (tertiary/aromatic N) is 1. The Kier molecular flexibility index (Phi) is 3.81. The summed E-state index contributed by atoms with van der Waals surface area (Å²) in [4.78, 5) is 25.9. The first-order valence-corrected chi connectivity index (χ1v) is 7.92. The van der Waals surface area contributed by atoms with Gasteiger partial charge < -0.3 is 0 Å². The Morgan fingerprint density at radius 1 is 1.24 bits per heavy atom. The van der Waals surface area contributed by atoms with Gasteiger partial charge in [0.05, 0.1) is 0 Å². The van der Waals surface area contributed by atoms with Crippen LogP contribution in [0.4, 0.5) is 0 Å². The second kappa shape index (κ2) is 5.60. The van der Waals surface area contributed by atoms with E-state index in [0.29, 0.717) is 24.4 Å². The number of hydrogen-bond acceptors (Lipinski definition) is 2. The molecule has 2 aromatic rings. The number of hydrogen-bond donors (Lipinski definition) is 0. The lowest BCUT2D eigenvalue weighted by atomic mass is 10.1. The van der Waals surface area contributed by atoms with Crippen molar-refractivity contribution >= 4 is 38.5 Å². The molecular weight excluding hydrogens is 330 g/mol. The molecule has 0 bridgehead atoms. The Bertz CT molecular complexity index is 726. The summed E-state index contributed by atoms with van der Waals surface area (Å²) in [7, 11) is 0. The number of carbonyl (C=O) groups excluding carboxylic acids is 2. The summed E-state index contributed by atoms with van der Waals surface area (Å²) < 4.78 is 1.01. The number of rotatable bonds is 2. The van der Waals surface area contributed by atoms with E-state index in [1.54, 1.807) is 6.07 Å². The maximum Gasteiger partial charge on any atom is 0.260 e. The standard InChI is InChI=1S/C17H16BrNO2/c1-2-11-7-16(20)19(10-11)17(21)14-4-3-13-9-15(18)6-5-12(13)8-14/h3-6,8-9,11H,2,7,10H2,1H3. The summed E-state index contributed by atoms with van der Waals surface area (Å²) >= 11 is 3.44. The molecule has 1 aliphatic rings. The third-order valence-electron chi connectivity index (χ3n) is 4.08. The van der Waals surface area contributed by atoms with E-state index in [-0.39, 0.29) is 11.8 Å². The highest BCUT2D eigenvalue weighted by Gasteiger charge is 2.33. The maximum atomic E-state index is 12.5. The van der Waals surface area contributed by atoms with Crippen LogP contribution in [0.15, 0.2) is 40.9 Å². The fourth-order valence-corrected chi connectivity index (χ4v) is 3.14. The van der Waals surface area contributed by atoms with Crippen molar-refractivity contribution < 1.29 is 9.59 Å². The minimum atomic E-state index is -0.180. The van der Waals surface area contributed by atoms with Gasteiger partial charge in [0.1, 0.15) is 0 Å². The second-order valence-electron chi connectivity index (χ2n) is 5.49. The highest BCUT2D eigenvalue weighted by Crippen LogP contribution is 2.25. The summed E-state index contributed by atoms with van der Waals surface area (Å²) in [6.45, 7) is 2.60. The number of carbonyl (C=O) groups is 2. The van der Waals surface area contributed by atoms with Crippen LogP contribution in [0, 0.1) is 5.92 Å². The fourth-order valence-electron chi connectivity index (χ4n) is 2.76. The van der Waals surface area contributed by atoms with Crippen LogP contribution in [0.2, 0.25) is 0 Å². The molecule has 3 rings (SSSR count). The predicted octanol–water partition coefficient (Wildman–Crippen LogP) is 4.00. The molecule has 2 amide bonds. The Morgan fingerprint density at radius 3 is 2.67 bits per heavy atom. The summed E-state index contributed by atoms with van der Waals surface area (Å²) in [5.41, 5.74) is 0.579. The van der Waals surface area contributed by atoms with Crippen molar-refractivity contribution in [3.05, 3.63) is 46.4 Å². The maximum absolute atomic E-state index is 12.5. The van der Waals surface area contributed by atoms with Gasteiger partial charge in [-0.3, -0.25) is 14.5 Å². The molecule has 1 atom stereocenters. The van der Waals surface area contributed by atoms with E-state index in [4.69, 9.17) is 0 Å². The van der Waals surface area contributed by atoms with E-state index < -0.39 is 0 Å². The molecule has 2 aromatic carbocycles. The zero-order valence-electron chi connectivity index (χ0n) is 11.8. The number of amides is 2. The lowest BCUT2D eigenvalue weighted by molar-refractivity contribution is -0.125. The summed E-state index contributed by atoms with van der Waals surface area (Å²) in [6, 6.07) is 11.5. The molecule has 0 N–H and O–H groups in total. The molecule has 1 unspecified atom stereocenters. The number of imide groups is 1. The Balaban J connectivity index is 1.91. The van der Waals surface area contributed by atoms with Crippen LogP contribution >= 0.6 is 15.9 Å². The molecule has 1 saturated heterocycles. The number of halogens is 1. The first-order valence-electron chi connectivity index (χ1n) is 7.12. The van der Waals surface area contributed by atoms with Gasteiger partial charge in [-0.2, -0.15) is 0 Å². The van der Waals surface area contributed by atoms with Crippen molar-refractivity contribution in [1.82, 2.24) is 4.90 Å². The Hall–Kier alpha value is -1.68. The third kappa shape index (κ3) is 2.72. The van der Waals surface area contributed by atoms with Crippen LogP contribution in [0.5, 0.6) is 0 Å². The van der Waals surface area contributed by atoms with Crippen LogP contribution in [-0.4, -0.2) is 23.3 Å². The van der Waals surface area contributed by atoms with Crippen LogP contribution < -0.4 is 0 Å². The molecule has 3 nitrogen and oxygen atoms in total. The van der Waals surface area contributed by atoms with Gasteiger partial charge in [0, 0.05) is 23.0 Å².